The van der Waals surface area contributed by atoms with Crippen LogP contribution >= 0.6 is 0 Å². The highest BCUT2D eigenvalue weighted by Gasteiger charge is 2.22. The van der Waals surface area contributed by atoms with Gasteiger partial charge in [-0.15, -0.1) is 0 Å². The van der Waals surface area contributed by atoms with Gasteiger partial charge in [0.2, 0.25) is 0 Å². The fraction of sp³-hybridized carbons (Fsp3) is 0.647. The lowest BCUT2D eigenvalue weighted by molar-refractivity contribution is -0.0672. The Morgan fingerprint density at radius 2 is 2.04 bits per heavy atom. The molecule has 2 fully saturated rings. The van der Waals surface area contributed by atoms with Gasteiger partial charge in [0, 0.05) is 38.4 Å². The highest BCUT2D eigenvalue weighted by molar-refractivity contribution is 5.94. The first-order valence-electron chi connectivity index (χ1n) is 8.49. The number of morpholine rings is 1. The number of anilines is 1. The first kappa shape index (κ1) is 16.2. The molecular weight excluding hydrogens is 292 g/mol. The summed E-state index contributed by atoms with van der Waals surface area (Å²) in [5.41, 5.74) is 0.607. The third-order valence-electron chi connectivity index (χ3n) is 4.16. The Morgan fingerprint density at radius 3 is 2.65 bits per heavy atom. The van der Waals surface area contributed by atoms with Crippen molar-refractivity contribution in [1.82, 2.24) is 15.2 Å². The Kier molecular flexibility index (Phi) is 5.13. The Hall–Kier alpha value is -1.66. The van der Waals surface area contributed by atoms with Crippen molar-refractivity contribution in [2.45, 2.75) is 44.9 Å². The lowest BCUT2D eigenvalue weighted by Crippen LogP contribution is -2.47. The number of nitrogens with one attached hydrogen (secondary N) is 2. The molecule has 1 aromatic rings. The molecule has 2 heterocycles. The second-order valence-corrected chi connectivity index (χ2v) is 6.62. The van der Waals surface area contributed by atoms with E-state index in [2.05, 4.69) is 34.4 Å². The van der Waals surface area contributed by atoms with Crippen LogP contribution in [-0.4, -0.2) is 60.2 Å². The number of ether oxygens (including phenoxy) is 1. The lowest BCUT2D eigenvalue weighted by atomic mass is 10.2. The van der Waals surface area contributed by atoms with E-state index in [9.17, 15) is 4.79 Å². The smallest absolute Gasteiger partial charge is 0.252 e. The van der Waals surface area contributed by atoms with Crippen molar-refractivity contribution in [3.8, 4) is 0 Å². The van der Waals surface area contributed by atoms with E-state index >= 15 is 0 Å². The van der Waals surface area contributed by atoms with Crippen molar-refractivity contribution in [2.24, 2.45) is 0 Å². The molecule has 1 aromatic heterocycles. The molecule has 0 unspecified atom stereocenters. The maximum absolute atomic E-state index is 12.1. The molecule has 1 saturated carbocycles. The third-order valence-corrected chi connectivity index (χ3v) is 4.16. The van der Waals surface area contributed by atoms with Crippen molar-refractivity contribution in [1.29, 1.82) is 0 Å². The molecule has 1 aliphatic carbocycles. The molecule has 0 radical (unpaired) electrons. The van der Waals surface area contributed by atoms with Crippen molar-refractivity contribution in [3.05, 3.63) is 23.9 Å². The van der Waals surface area contributed by atoms with Crippen LogP contribution in [0.1, 0.15) is 37.0 Å². The minimum absolute atomic E-state index is 0.0650. The van der Waals surface area contributed by atoms with Crippen molar-refractivity contribution in [3.63, 3.8) is 0 Å². The average molecular weight is 318 g/mol. The predicted octanol–water partition coefficient (Wildman–Crippen LogP) is 1.49. The van der Waals surface area contributed by atoms with Crippen molar-refractivity contribution >= 4 is 11.7 Å². The summed E-state index contributed by atoms with van der Waals surface area (Å²) in [5, 5.41) is 6.28. The first-order chi connectivity index (χ1) is 11.1. The van der Waals surface area contributed by atoms with Gasteiger partial charge in [0.1, 0.15) is 5.82 Å². The molecule has 1 saturated heterocycles. The zero-order valence-corrected chi connectivity index (χ0v) is 13.9. The number of pyridine rings is 1. The molecule has 0 bridgehead atoms. The van der Waals surface area contributed by atoms with Crippen LogP contribution in [0.5, 0.6) is 0 Å². The molecule has 2 aliphatic rings. The largest absolute Gasteiger partial charge is 0.373 e. The van der Waals surface area contributed by atoms with Crippen LogP contribution in [-0.2, 0) is 4.74 Å². The minimum atomic E-state index is -0.0650. The lowest BCUT2D eigenvalue weighted by Gasteiger charge is -2.35. The van der Waals surface area contributed by atoms with Crippen LogP contribution < -0.4 is 10.6 Å². The number of carbonyl (C=O) groups excluding carboxylic acids is 1. The Balaban J connectivity index is 1.41. The second-order valence-electron chi connectivity index (χ2n) is 6.62. The Bertz CT molecular complexity index is 520. The molecular formula is C17H26N4O2. The van der Waals surface area contributed by atoms with Crippen LogP contribution in [0, 0.1) is 0 Å². The van der Waals surface area contributed by atoms with Gasteiger partial charge in [-0.25, -0.2) is 4.98 Å². The first-order valence-corrected chi connectivity index (χ1v) is 8.49. The molecule has 126 valence electrons. The SMILES string of the molecule is C[C@@H]1CN(CCNC(=O)c2ccc(NC3CC3)nc2)C[C@@H](C)O1. The summed E-state index contributed by atoms with van der Waals surface area (Å²) in [6, 6.07) is 4.27. The molecule has 2 N–H and O–H groups in total. The average Bonchev–Trinajstić information content (AvgIpc) is 3.31. The summed E-state index contributed by atoms with van der Waals surface area (Å²) >= 11 is 0. The Morgan fingerprint density at radius 1 is 1.30 bits per heavy atom. The van der Waals surface area contributed by atoms with Gasteiger partial charge >= 0.3 is 0 Å². The minimum Gasteiger partial charge on any atom is -0.373 e. The fourth-order valence-electron chi connectivity index (χ4n) is 2.95. The number of aromatic nitrogens is 1. The maximum Gasteiger partial charge on any atom is 0.252 e. The Labute approximate surface area is 137 Å². The molecule has 1 aliphatic heterocycles. The molecule has 2 atom stereocenters. The summed E-state index contributed by atoms with van der Waals surface area (Å²) in [4.78, 5) is 18.8. The van der Waals surface area contributed by atoms with Gasteiger partial charge < -0.3 is 15.4 Å². The van der Waals surface area contributed by atoms with E-state index in [-0.39, 0.29) is 18.1 Å². The van der Waals surface area contributed by atoms with Crippen LogP contribution in [0.25, 0.3) is 0 Å². The van der Waals surface area contributed by atoms with Crippen molar-refractivity contribution < 1.29 is 9.53 Å². The maximum atomic E-state index is 12.1. The van der Waals surface area contributed by atoms with Gasteiger partial charge in [0.25, 0.3) is 5.91 Å². The van der Waals surface area contributed by atoms with Gasteiger partial charge in [0.05, 0.1) is 17.8 Å². The second kappa shape index (κ2) is 7.27. The monoisotopic (exact) mass is 318 g/mol. The molecule has 0 spiro atoms. The van der Waals surface area contributed by atoms with E-state index in [0.29, 0.717) is 18.2 Å². The molecule has 3 rings (SSSR count). The summed E-state index contributed by atoms with van der Waals surface area (Å²) < 4.78 is 5.71. The summed E-state index contributed by atoms with van der Waals surface area (Å²) in [6.45, 7) is 7.50. The highest BCUT2D eigenvalue weighted by Crippen LogP contribution is 2.23. The van der Waals surface area contributed by atoms with Crippen LogP contribution in [0.4, 0.5) is 5.82 Å². The van der Waals surface area contributed by atoms with E-state index in [4.69, 9.17) is 4.74 Å². The molecule has 6 nitrogen and oxygen atoms in total. The molecule has 1 amide bonds. The van der Waals surface area contributed by atoms with Gasteiger partial charge in [-0.1, -0.05) is 0 Å². The van der Waals surface area contributed by atoms with E-state index in [1.165, 1.54) is 12.8 Å². The number of amides is 1. The number of nitrogens with zero attached hydrogens (tertiary/aromatic N) is 2. The number of rotatable bonds is 6. The topological polar surface area (TPSA) is 66.5 Å². The van der Waals surface area contributed by atoms with Crippen LogP contribution in [0.2, 0.25) is 0 Å². The van der Waals surface area contributed by atoms with E-state index in [1.807, 2.05) is 12.1 Å². The number of hydrogen-bond donors (Lipinski definition) is 2. The van der Waals surface area contributed by atoms with Crippen LogP contribution in [0.15, 0.2) is 18.3 Å². The standard InChI is InChI=1S/C17H26N4O2/c1-12-10-21(11-13(2)23-12)8-7-18-17(22)14-3-6-16(19-9-14)20-15-4-5-15/h3,6,9,12-13,15H,4-5,7-8,10-11H2,1-2H3,(H,18,22)(H,19,20)/t12-,13-/m1/s1. The molecule has 6 heteroatoms. The summed E-state index contributed by atoms with van der Waals surface area (Å²) in [7, 11) is 0. The zero-order valence-electron chi connectivity index (χ0n) is 13.9. The molecule has 23 heavy (non-hydrogen) atoms. The zero-order chi connectivity index (χ0) is 16.2. The van der Waals surface area contributed by atoms with Gasteiger partial charge in [-0.2, -0.15) is 0 Å². The fourth-order valence-corrected chi connectivity index (χ4v) is 2.95. The highest BCUT2D eigenvalue weighted by atomic mass is 16.5. The van der Waals surface area contributed by atoms with E-state index in [1.54, 1.807) is 6.20 Å². The van der Waals surface area contributed by atoms with Gasteiger partial charge in [-0.3, -0.25) is 9.69 Å². The quantitative estimate of drug-likeness (QED) is 0.832. The van der Waals surface area contributed by atoms with E-state index in [0.717, 1.165) is 25.5 Å². The normalized spacial score (nSPS) is 25.1. The van der Waals surface area contributed by atoms with Gasteiger partial charge in [-0.05, 0) is 38.8 Å². The third kappa shape index (κ3) is 4.91. The van der Waals surface area contributed by atoms with E-state index < -0.39 is 0 Å². The number of hydrogen-bond acceptors (Lipinski definition) is 5. The van der Waals surface area contributed by atoms with Gasteiger partial charge in [0.15, 0.2) is 0 Å². The summed E-state index contributed by atoms with van der Waals surface area (Å²) in [5.74, 6) is 0.783. The summed E-state index contributed by atoms with van der Waals surface area (Å²) in [6.07, 6.45) is 4.57. The predicted molar refractivity (Wildman–Crippen MR) is 89.7 cm³/mol. The van der Waals surface area contributed by atoms with Crippen molar-refractivity contribution in [2.75, 3.05) is 31.5 Å². The number of carbonyl (C=O) groups is 1. The molecule has 0 aromatic carbocycles. The van der Waals surface area contributed by atoms with Crippen LogP contribution in [0.3, 0.4) is 0 Å².